The Morgan fingerprint density at radius 3 is 1.88 bits per heavy atom. The van der Waals surface area contributed by atoms with Gasteiger partial charge in [0.05, 0.1) is 6.04 Å². The molecule has 4 unspecified atom stereocenters. The number of benzene rings is 7. The summed E-state index contributed by atoms with van der Waals surface area (Å²) in [5.74, 6) is 0.317. The molecule has 0 spiro atoms. The summed E-state index contributed by atoms with van der Waals surface area (Å²) in [6.07, 6.45) is 16.5. The lowest BCUT2D eigenvalue weighted by Crippen LogP contribution is -2.47. The molecule has 10 rings (SSSR count). The molecule has 7 aromatic carbocycles. The summed E-state index contributed by atoms with van der Waals surface area (Å²) >= 11 is 0. The molecule has 2 heterocycles. The van der Waals surface area contributed by atoms with Crippen LogP contribution in [0.1, 0.15) is 25.8 Å². The monoisotopic (exact) mass is 668 g/mol. The van der Waals surface area contributed by atoms with Gasteiger partial charge in [0.15, 0.2) is 0 Å². The third-order valence-corrected chi connectivity index (χ3v) is 12.0. The van der Waals surface area contributed by atoms with E-state index in [-0.39, 0.29) is 17.5 Å². The minimum Gasteiger partial charge on any atom is -0.381 e. The van der Waals surface area contributed by atoms with Gasteiger partial charge in [-0.25, -0.2) is 0 Å². The summed E-state index contributed by atoms with van der Waals surface area (Å²) in [7, 11) is 0. The Morgan fingerprint density at radius 2 is 1.21 bits per heavy atom. The first-order valence-electron chi connectivity index (χ1n) is 18.6. The van der Waals surface area contributed by atoms with Crippen molar-refractivity contribution in [1.82, 2.24) is 5.32 Å². The fraction of sp³-hybridized carbons (Fsp3) is 0.140. The number of dihydropyridines is 1. The number of aliphatic imine (C=N–C) groups is 1. The van der Waals surface area contributed by atoms with Gasteiger partial charge in [0.25, 0.3) is 0 Å². The van der Waals surface area contributed by atoms with Crippen molar-refractivity contribution in [3.8, 4) is 22.3 Å². The van der Waals surface area contributed by atoms with Gasteiger partial charge >= 0.3 is 0 Å². The summed E-state index contributed by atoms with van der Waals surface area (Å²) in [4.78, 5) is 4.88. The zero-order valence-corrected chi connectivity index (χ0v) is 29.6. The second-order valence-corrected chi connectivity index (χ2v) is 15.0. The fourth-order valence-electron chi connectivity index (χ4n) is 8.85. The lowest BCUT2D eigenvalue weighted by atomic mass is 9.70. The smallest absolute Gasteiger partial charge is 0.0780 e. The number of rotatable bonds is 4. The Balaban J connectivity index is 1.17. The second kappa shape index (κ2) is 12.1. The van der Waals surface area contributed by atoms with Crippen LogP contribution in [0.2, 0.25) is 0 Å². The molecule has 7 aromatic rings. The van der Waals surface area contributed by atoms with Gasteiger partial charge in [-0.15, -0.1) is 0 Å². The number of hydrogen-bond donors (Lipinski definition) is 1. The molecule has 0 saturated heterocycles. The maximum atomic E-state index is 4.88. The highest BCUT2D eigenvalue weighted by atomic mass is 15.0. The molecule has 2 aliphatic heterocycles. The minimum atomic E-state index is -0.116. The van der Waals surface area contributed by atoms with Crippen molar-refractivity contribution < 1.29 is 0 Å². The number of nitrogens with one attached hydrogen (secondary N) is 1. The van der Waals surface area contributed by atoms with E-state index < -0.39 is 0 Å². The van der Waals surface area contributed by atoms with E-state index in [4.69, 9.17) is 4.99 Å². The van der Waals surface area contributed by atoms with Crippen molar-refractivity contribution in [2.45, 2.75) is 37.8 Å². The van der Waals surface area contributed by atoms with Crippen molar-refractivity contribution in [2.75, 3.05) is 0 Å². The van der Waals surface area contributed by atoms with Crippen molar-refractivity contribution in [1.29, 1.82) is 0 Å². The maximum absolute atomic E-state index is 4.88. The van der Waals surface area contributed by atoms with Gasteiger partial charge in [-0.1, -0.05) is 153 Å². The Hall–Kier alpha value is -5.99. The third-order valence-electron chi connectivity index (χ3n) is 12.0. The largest absolute Gasteiger partial charge is 0.381 e. The van der Waals surface area contributed by atoms with Gasteiger partial charge in [0.2, 0.25) is 0 Å². The van der Waals surface area contributed by atoms with E-state index in [1.165, 1.54) is 82.2 Å². The number of hydrogen-bond acceptors (Lipinski definition) is 2. The van der Waals surface area contributed by atoms with Crippen molar-refractivity contribution in [3.05, 3.63) is 181 Å². The van der Waals surface area contributed by atoms with Gasteiger partial charge in [-0.3, -0.25) is 4.99 Å². The van der Waals surface area contributed by atoms with Crippen LogP contribution >= 0.6 is 0 Å². The predicted octanol–water partition coefficient (Wildman–Crippen LogP) is 12.3. The number of allylic oxidation sites excluding steroid dienone is 4. The van der Waals surface area contributed by atoms with Crippen LogP contribution < -0.4 is 5.32 Å². The molecular formula is C50H40N2. The number of nitrogens with zero attached hydrogens (tertiary/aromatic N) is 1. The van der Waals surface area contributed by atoms with Crippen LogP contribution in [0.3, 0.4) is 0 Å². The molecule has 3 aliphatic rings. The Labute approximate surface area is 305 Å². The molecule has 0 aromatic heterocycles. The highest BCUT2D eigenvalue weighted by Crippen LogP contribution is 2.47. The average Bonchev–Trinajstić information content (AvgIpc) is 3.20. The molecule has 0 radical (unpaired) electrons. The molecule has 0 bridgehead atoms. The molecule has 52 heavy (non-hydrogen) atoms. The summed E-state index contributed by atoms with van der Waals surface area (Å²) in [5, 5.41) is 14.1. The molecule has 0 saturated carbocycles. The lowest BCUT2D eigenvalue weighted by Gasteiger charge is -2.41. The minimum absolute atomic E-state index is 0.116. The van der Waals surface area contributed by atoms with E-state index in [0.717, 1.165) is 6.42 Å². The van der Waals surface area contributed by atoms with Crippen LogP contribution in [-0.2, 0) is 5.41 Å². The van der Waals surface area contributed by atoms with E-state index in [2.05, 4.69) is 189 Å². The van der Waals surface area contributed by atoms with E-state index in [1.54, 1.807) is 0 Å². The normalized spacial score (nSPS) is 22.4. The van der Waals surface area contributed by atoms with Crippen LogP contribution in [0, 0.1) is 5.92 Å². The average molecular weight is 669 g/mol. The van der Waals surface area contributed by atoms with Crippen LogP contribution in [-0.4, -0.2) is 18.3 Å². The molecule has 0 amide bonds. The van der Waals surface area contributed by atoms with Crippen LogP contribution in [0.5, 0.6) is 0 Å². The van der Waals surface area contributed by atoms with Crippen LogP contribution in [0.15, 0.2) is 180 Å². The Morgan fingerprint density at radius 1 is 0.615 bits per heavy atom. The van der Waals surface area contributed by atoms with E-state index in [0.29, 0.717) is 5.92 Å². The maximum Gasteiger partial charge on any atom is 0.0780 e. The quantitative estimate of drug-likeness (QED) is 0.186. The molecule has 1 aliphatic carbocycles. The fourth-order valence-corrected chi connectivity index (χ4v) is 8.85. The standard InChI is InChI=1S/C50H40N2/c1-32-50(2,26-25-47(52-32)40-29-37-15-7-10-18-46(37)51-31-40)41-23-24-44-45(30-41)49(39-22-20-34-12-4-6-14-36(34)28-39)43-17-9-8-16-42(43)48(44)38-21-19-33-11-3-5-13-35(33)27-38/h3-25,27-32,37,46,52H,26H2,1-2H3. The molecule has 4 atom stereocenters. The SMILES string of the molecule is CC1NC(C2=CC3C=CC=CC3N=C2)=CCC1(C)c1ccc2c(-c3ccc4ccccc4c3)c3ccccc3c(-c3ccc4ccccc4c3)c2c1. The van der Waals surface area contributed by atoms with Gasteiger partial charge in [0.1, 0.15) is 0 Å². The summed E-state index contributed by atoms with van der Waals surface area (Å²) < 4.78 is 0. The predicted molar refractivity (Wildman–Crippen MR) is 222 cm³/mol. The van der Waals surface area contributed by atoms with Gasteiger partial charge < -0.3 is 5.32 Å². The Kier molecular flexibility index (Phi) is 7.15. The first-order chi connectivity index (χ1) is 25.5. The molecule has 1 N–H and O–H groups in total. The first kappa shape index (κ1) is 30.8. The second-order valence-electron chi connectivity index (χ2n) is 15.0. The third kappa shape index (κ3) is 4.97. The van der Waals surface area contributed by atoms with Gasteiger partial charge in [-0.2, -0.15) is 0 Å². The summed E-state index contributed by atoms with van der Waals surface area (Å²) in [6.45, 7) is 4.77. The zero-order valence-electron chi connectivity index (χ0n) is 29.6. The highest BCUT2D eigenvalue weighted by molar-refractivity contribution is 6.22. The van der Waals surface area contributed by atoms with E-state index in [9.17, 15) is 0 Å². The molecule has 2 nitrogen and oxygen atoms in total. The topological polar surface area (TPSA) is 24.4 Å². The lowest BCUT2D eigenvalue weighted by molar-refractivity contribution is 0.340. The Bertz CT molecular complexity index is 2740. The first-order valence-corrected chi connectivity index (χ1v) is 18.6. The molecule has 0 fully saturated rings. The van der Waals surface area contributed by atoms with Gasteiger partial charge in [-0.05, 0) is 102 Å². The molecule has 2 heteroatoms. The van der Waals surface area contributed by atoms with Crippen molar-refractivity contribution in [2.24, 2.45) is 10.9 Å². The molecule has 250 valence electrons. The summed E-state index contributed by atoms with van der Waals surface area (Å²) in [6, 6.07) is 48.0. The van der Waals surface area contributed by atoms with Crippen LogP contribution in [0.4, 0.5) is 0 Å². The number of fused-ring (bicyclic) bond motifs is 5. The zero-order chi connectivity index (χ0) is 34.8. The van der Waals surface area contributed by atoms with E-state index in [1.807, 2.05) is 0 Å². The van der Waals surface area contributed by atoms with E-state index >= 15 is 0 Å². The molecular weight excluding hydrogens is 629 g/mol. The highest BCUT2D eigenvalue weighted by Gasteiger charge is 2.37. The van der Waals surface area contributed by atoms with Crippen molar-refractivity contribution in [3.63, 3.8) is 0 Å². The van der Waals surface area contributed by atoms with Crippen molar-refractivity contribution >= 4 is 49.3 Å². The summed E-state index contributed by atoms with van der Waals surface area (Å²) in [5.41, 5.74) is 8.71. The van der Waals surface area contributed by atoms with Gasteiger partial charge in [0, 0.05) is 34.9 Å². The van der Waals surface area contributed by atoms with Crippen LogP contribution in [0.25, 0.3) is 65.3 Å².